The lowest BCUT2D eigenvalue weighted by Gasteiger charge is -2.24. The lowest BCUT2D eigenvalue weighted by molar-refractivity contribution is -0.137. The van der Waals surface area contributed by atoms with Crippen LogP contribution in [-0.4, -0.2) is 29.1 Å². The maximum Gasteiger partial charge on any atom is 0.304 e. The lowest BCUT2D eigenvalue weighted by Crippen LogP contribution is -2.26. The van der Waals surface area contributed by atoms with Crippen molar-refractivity contribution in [2.75, 3.05) is 13.1 Å². The Morgan fingerprint density at radius 2 is 2.17 bits per heavy atom. The molecule has 3 nitrogen and oxygen atoms in total. The van der Waals surface area contributed by atoms with E-state index in [1.54, 1.807) is 0 Å². The van der Waals surface area contributed by atoms with Crippen LogP contribution in [0.5, 0.6) is 0 Å². The molecule has 0 aliphatic carbocycles. The van der Waals surface area contributed by atoms with Gasteiger partial charge < -0.3 is 5.11 Å². The summed E-state index contributed by atoms with van der Waals surface area (Å²) in [5.41, 5.74) is 3.97. The summed E-state index contributed by atoms with van der Waals surface area (Å²) in [6.45, 7) is 5.93. The molecule has 1 aliphatic rings. The number of carbonyl (C=O) groups is 1. The van der Waals surface area contributed by atoms with Gasteiger partial charge in [-0.25, -0.2) is 0 Å². The Kier molecular flexibility index (Phi) is 4.02. The summed E-state index contributed by atoms with van der Waals surface area (Å²) in [5.74, 6) is -0.708. The average Bonchev–Trinajstić information content (AvgIpc) is 2.78. The summed E-state index contributed by atoms with van der Waals surface area (Å²) >= 11 is 0. The van der Waals surface area contributed by atoms with E-state index in [1.807, 2.05) is 0 Å². The van der Waals surface area contributed by atoms with Gasteiger partial charge in [0.2, 0.25) is 0 Å². The standard InChI is InChI=1S/C15H21NO2/c1-11-5-6-13(10-12(11)2)14-4-3-8-16(14)9-7-15(17)18/h5-6,10,14H,3-4,7-9H2,1-2H3,(H,17,18). The van der Waals surface area contributed by atoms with Crippen LogP contribution < -0.4 is 0 Å². The monoisotopic (exact) mass is 247 g/mol. The lowest BCUT2D eigenvalue weighted by atomic mass is 9.99. The Bertz CT molecular complexity index is 442. The fourth-order valence-electron chi connectivity index (χ4n) is 2.68. The van der Waals surface area contributed by atoms with Crippen LogP contribution in [0.1, 0.15) is 42.0 Å². The molecule has 98 valence electrons. The molecule has 1 aromatic rings. The Morgan fingerprint density at radius 3 is 2.83 bits per heavy atom. The van der Waals surface area contributed by atoms with Gasteiger partial charge in [-0.15, -0.1) is 0 Å². The molecule has 0 radical (unpaired) electrons. The van der Waals surface area contributed by atoms with E-state index >= 15 is 0 Å². The molecule has 1 heterocycles. The number of likely N-dealkylation sites (tertiary alicyclic amines) is 1. The smallest absolute Gasteiger partial charge is 0.304 e. The van der Waals surface area contributed by atoms with E-state index in [1.165, 1.54) is 16.7 Å². The molecule has 2 rings (SSSR count). The number of rotatable bonds is 4. The van der Waals surface area contributed by atoms with E-state index in [-0.39, 0.29) is 6.42 Å². The molecular weight excluding hydrogens is 226 g/mol. The molecule has 0 saturated carbocycles. The fraction of sp³-hybridized carbons (Fsp3) is 0.533. The predicted octanol–water partition coefficient (Wildman–Crippen LogP) is 2.92. The number of benzene rings is 1. The highest BCUT2D eigenvalue weighted by molar-refractivity contribution is 5.66. The normalized spacial score (nSPS) is 20.2. The molecule has 3 heteroatoms. The molecule has 1 aromatic carbocycles. The summed E-state index contributed by atoms with van der Waals surface area (Å²) in [6, 6.07) is 7.01. The predicted molar refractivity (Wildman–Crippen MR) is 71.7 cm³/mol. The molecular formula is C15H21NO2. The van der Waals surface area contributed by atoms with Crippen molar-refractivity contribution in [1.82, 2.24) is 4.90 Å². The third-order valence-corrected chi connectivity index (χ3v) is 3.89. The van der Waals surface area contributed by atoms with Gasteiger partial charge in [0.1, 0.15) is 0 Å². The second-order valence-corrected chi connectivity index (χ2v) is 5.18. The van der Waals surface area contributed by atoms with Crippen LogP contribution in [0.25, 0.3) is 0 Å². The van der Waals surface area contributed by atoms with Gasteiger partial charge >= 0.3 is 5.97 Å². The molecule has 0 aromatic heterocycles. The van der Waals surface area contributed by atoms with Crippen LogP contribution in [-0.2, 0) is 4.79 Å². The second kappa shape index (κ2) is 5.53. The Balaban J connectivity index is 2.10. The fourth-order valence-corrected chi connectivity index (χ4v) is 2.68. The zero-order valence-electron chi connectivity index (χ0n) is 11.1. The van der Waals surface area contributed by atoms with Gasteiger partial charge in [-0.3, -0.25) is 9.69 Å². The summed E-state index contributed by atoms with van der Waals surface area (Å²) in [4.78, 5) is 13.0. The molecule has 0 amide bonds. The first kappa shape index (κ1) is 13.1. The zero-order valence-corrected chi connectivity index (χ0v) is 11.1. The summed E-state index contributed by atoms with van der Waals surface area (Å²) in [6.07, 6.45) is 2.54. The third-order valence-electron chi connectivity index (χ3n) is 3.89. The zero-order chi connectivity index (χ0) is 13.1. The van der Waals surface area contributed by atoms with E-state index < -0.39 is 5.97 Å². The number of hydrogen-bond acceptors (Lipinski definition) is 2. The molecule has 1 aliphatic heterocycles. The number of hydrogen-bond donors (Lipinski definition) is 1. The molecule has 1 fully saturated rings. The first-order valence-corrected chi connectivity index (χ1v) is 6.61. The number of carboxylic acids is 1. The van der Waals surface area contributed by atoms with Crippen molar-refractivity contribution in [2.45, 2.75) is 39.2 Å². The van der Waals surface area contributed by atoms with Crippen LogP contribution in [0, 0.1) is 13.8 Å². The Hall–Kier alpha value is -1.35. The highest BCUT2D eigenvalue weighted by Crippen LogP contribution is 2.32. The highest BCUT2D eigenvalue weighted by atomic mass is 16.4. The van der Waals surface area contributed by atoms with Crippen LogP contribution in [0.2, 0.25) is 0 Å². The van der Waals surface area contributed by atoms with Crippen molar-refractivity contribution < 1.29 is 9.90 Å². The van der Waals surface area contributed by atoms with Gasteiger partial charge in [0.15, 0.2) is 0 Å². The average molecular weight is 247 g/mol. The molecule has 0 bridgehead atoms. The van der Waals surface area contributed by atoms with E-state index in [0.29, 0.717) is 12.6 Å². The molecule has 18 heavy (non-hydrogen) atoms. The topological polar surface area (TPSA) is 40.5 Å². The number of carboxylic acid groups (broad SMARTS) is 1. The van der Waals surface area contributed by atoms with Crippen LogP contribution >= 0.6 is 0 Å². The van der Waals surface area contributed by atoms with Crippen molar-refractivity contribution in [3.63, 3.8) is 0 Å². The van der Waals surface area contributed by atoms with Crippen molar-refractivity contribution >= 4 is 5.97 Å². The van der Waals surface area contributed by atoms with Crippen molar-refractivity contribution in [3.05, 3.63) is 34.9 Å². The highest BCUT2D eigenvalue weighted by Gasteiger charge is 2.26. The van der Waals surface area contributed by atoms with Crippen LogP contribution in [0.4, 0.5) is 0 Å². The Morgan fingerprint density at radius 1 is 1.39 bits per heavy atom. The van der Waals surface area contributed by atoms with E-state index in [2.05, 4.69) is 36.9 Å². The summed E-state index contributed by atoms with van der Waals surface area (Å²) in [5, 5.41) is 8.78. The molecule has 1 atom stereocenters. The maximum atomic E-state index is 10.7. The van der Waals surface area contributed by atoms with Crippen molar-refractivity contribution in [3.8, 4) is 0 Å². The minimum Gasteiger partial charge on any atom is -0.481 e. The van der Waals surface area contributed by atoms with Gasteiger partial charge in [-0.05, 0) is 49.9 Å². The summed E-state index contributed by atoms with van der Waals surface area (Å²) in [7, 11) is 0. The van der Waals surface area contributed by atoms with Crippen LogP contribution in [0.15, 0.2) is 18.2 Å². The molecule has 1 saturated heterocycles. The van der Waals surface area contributed by atoms with E-state index in [4.69, 9.17) is 5.11 Å². The van der Waals surface area contributed by atoms with Gasteiger partial charge in [0.25, 0.3) is 0 Å². The number of aliphatic carboxylic acids is 1. The number of aryl methyl sites for hydroxylation is 2. The molecule has 0 spiro atoms. The van der Waals surface area contributed by atoms with Gasteiger partial charge in [0.05, 0.1) is 6.42 Å². The molecule has 1 unspecified atom stereocenters. The maximum absolute atomic E-state index is 10.7. The third kappa shape index (κ3) is 2.91. The minimum absolute atomic E-state index is 0.237. The summed E-state index contributed by atoms with van der Waals surface area (Å²) < 4.78 is 0. The first-order chi connectivity index (χ1) is 8.58. The SMILES string of the molecule is Cc1ccc(C2CCCN2CCC(=O)O)cc1C. The minimum atomic E-state index is -0.708. The molecule has 1 N–H and O–H groups in total. The number of nitrogens with zero attached hydrogens (tertiary/aromatic N) is 1. The van der Waals surface area contributed by atoms with Crippen molar-refractivity contribution in [2.24, 2.45) is 0 Å². The second-order valence-electron chi connectivity index (χ2n) is 5.18. The van der Waals surface area contributed by atoms with Gasteiger partial charge in [-0.1, -0.05) is 18.2 Å². The largest absolute Gasteiger partial charge is 0.481 e. The first-order valence-electron chi connectivity index (χ1n) is 6.61. The van der Waals surface area contributed by atoms with E-state index in [9.17, 15) is 4.79 Å². The van der Waals surface area contributed by atoms with Gasteiger partial charge in [-0.2, -0.15) is 0 Å². The quantitative estimate of drug-likeness (QED) is 0.889. The van der Waals surface area contributed by atoms with Crippen LogP contribution in [0.3, 0.4) is 0 Å². The van der Waals surface area contributed by atoms with E-state index in [0.717, 1.165) is 19.4 Å². The van der Waals surface area contributed by atoms with Gasteiger partial charge in [0, 0.05) is 12.6 Å². The Labute approximate surface area is 108 Å². The van der Waals surface area contributed by atoms with Crippen molar-refractivity contribution in [1.29, 1.82) is 0 Å².